The highest BCUT2D eigenvalue weighted by Gasteiger charge is 2.37. The van der Waals surface area contributed by atoms with Gasteiger partial charge in [-0.05, 0) is 87.9 Å². The van der Waals surface area contributed by atoms with Gasteiger partial charge in [-0.3, -0.25) is 19.2 Å². The first kappa shape index (κ1) is 33.9. The molecule has 1 rings (SSSR count). The van der Waals surface area contributed by atoms with Crippen LogP contribution in [0.1, 0.15) is 118 Å². The average molecular weight is 541 g/mol. The minimum Gasteiger partial charge on any atom is -0.481 e. The van der Waals surface area contributed by atoms with Crippen LogP contribution in [0.25, 0.3) is 0 Å². The summed E-state index contributed by atoms with van der Waals surface area (Å²) in [4.78, 5) is 47.0. The van der Waals surface area contributed by atoms with Crippen molar-refractivity contribution in [2.75, 3.05) is 0 Å². The Hall–Kier alpha value is -2.12. The summed E-state index contributed by atoms with van der Waals surface area (Å²) in [6.45, 7) is 7.34. The smallest absolute Gasteiger partial charge is 0.306 e. The summed E-state index contributed by atoms with van der Waals surface area (Å²) in [5.41, 5.74) is 0. The van der Waals surface area contributed by atoms with Gasteiger partial charge in [0.15, 0.2) is 0 Å². The molecule has 1 fully saturated rings. The van der Waals surface area contributed by atoms with Gasteiger partial charge in [0, 0.05) is 0 Å². The zero-order chi connectivity index (χ0) is 28.8. The molecule has 0 heterocycles. The van der Waals surface area contributed by atoms with Gasteiger partial charge in [0.1, 0.15) is 0 Å². The van der Waals surface area contributed by atoms with E-state index in [0.717, 1.165) is 51.4 Å². The second-order valence-electron chi connectivity index (χ2n) is 11.9. The van der Waals surface area contributed by atoms with E-state index in [1.807, 2.05) is 6.92 Å². The standard InChI is InChI=1S/C30H52O8/c1-5-7-8-9-10-24(30(37)38)18-26(16-20(4)28(33)34)23-13-11-22(12-14-23)25(15-19(3)27(31)32)17-21(6-2)29(35)36/h19-26H,5-18H2,1-4H3,(H,31,32)(H,33,34)(H,35,36)(H,37,38). The molecule has 4 N–H and O–H groups in total. The predicted octanol–water partition coefficient (Wildman–Crippen LogP) is 6.81. The normalized spacial score (nSPS) is 22.5. The molecule has 6 atom stereocenters. The van der Waals surface area contributed by atoms with Gasteiger partial charge in [-0.25, -0.2) is 0 Å². The fourth-order valence-corrected chi connectivity index (χ4v) is 6.49. The van der Waals surface area contributed by atoms with Gasteiger partial charge in [-0.1, -0.05) is 53.4 Å². The molecule has 0 spiro atoms. The van der Waals surface area contributed by atoms with Crippen LogP contribution in [0.5, 0.6) is 0 Å². The van der Waals surface area contributed by atoms with Crippen LogP contribution in [-0.4, -0.2) is 44.3 Å². The van der Waals surface area contributed by atoms with Gasteiger partial charge < -0.3 is 20.4 Å². The van der Waals surface area contributed by atoms with Crippen molar-refractivity contribution in [3.63, 3.8) is 0 Å². The third kappa shape index (κ3) is 11.7. The molecule has 8 nitrogen and oxygen atoms in total. The highest BCUT2D eigenvalue weighted by molar-refractivity contribution is 5.71. The van der Waals surface area contributed by atoms with Crippen LogP contribution < -0.4 is 0 Å². The van der Waals surface area contributed by atoms with E-state index in [9.17, 15) is 39.6 Å². The van der Waals surface area contributed by atoms with Crippen molar-refractivity contribution in [3.8, 4) is 0 Å². The lowest BCUT2D eigenvalue weighted by Crippen LogP contribution is -2.32. The Labute approximate surface area is 228 Å². The molecule has 0 aromatic heterocycles. The van der Waals surface area contributed by atoms with Gasteiger partial charge in [-0.2, -0.15) is 0 Å². The Morgan fingerprint density at radius 2 is 1.03 bits per heavy atom. The zero-order valence-corrected chi connectivity index (χ0v) is 23.9. The third-order valence-corrected chi connectivity index (χ3v) is 9.08. The average Bonchev–Trinajstić information content (AvgIpc) is 2.86. The molecule has 1 aliphatic rings. The first-order valence-electron chi connectivity index (χ1n) is 14.8. The Balaban J connectivity index is 2.99. The van der Waals surface area contributed by atoms with Gasteiger partial charge in [-0.15, -0.1) is 0 Å². The number of carbonyl (C=O) groups is 4. The van der Waals surface area contributed by atoms with Gasteiger partial charge in [0.2, 0.25) is 0 Å². The maximum atomic E-state index is 12.1. The lowest BCUT2D eigenvalue weighted by molar-refractivity contribution is -0.145. The molecule has 6 unspecified atom stereocenters. The predicted molar refractivity (Wildman–Crippen MR) is 146 cm³/mol. The molecule has 1 aliphatic carbocycles. The number of hydrogen-bond donors (Lipinski definition) is 4. The van der Waals surface area contributed by atoms with Crippen LogP contribution in [0.3, 0.4) is 0 Å². The van der Waals surface area contributed by atoms with Crippen molar-refractivity contribution in [1.82, 2.24) is 0 Å². The molecule has 220 valence electrons. The van der Waals surface area contributed by atoms with Crippen molar-refractivity contribution in [2.45, 2.75) is 118 Å². The van der Waals surface area contributed by atoms with E-state index < -0.39 is 47.5 Å². The van der Waals surface area contributed by atoms with Crippen LogP contribution in [0.4, 0.5) is 0 Å². The van der Waals surface area contributed by atoms with E-state index in [-0.39, 0.29) is 23.7 Å². The number of unbranched alkanes of at least 4 members (excludes halogenated alkanes) is 3. The summed E-state index contributed by atoms with van der Waals surface area (Å²) < 4.78 is 0. The summed E-state index contributed by atoms with van der Waals surface area (Å²) in [5.74, 6) is -4.96. The van der Waals surface area contributed by atoms with Crippen molar-refractivity contribution in [1.29, 1.82) is 0 Å². The summed E-state index contributed by atoms with van der Waals surface area (Å²) in [7, 11) is 0. The minimum absolute atomic E-state index is 0.00447. The first-order chi connectivity index (χ1) is 17.9. The maximum absolute atomic E-state index is 12.1. The van der Waals surface area contributed by atoms with Crippen LogP contribution in [0.15, 0.2) is 0 Å². The summed E-state index contributed by atoms with van der Waals surface area (Å²) in [6, 6.07) is 0. The SMILES string of the molecule is CCCCCCC(CC(CC(C)C(=O)O)C1CCC(C(CC(C)C(=O)O)CC(CC)C(=O)O)CC1)C(=O)O. The molecule has 0 bridgehead atoms. The number of rotatable bonds is 20. The highest BCUT2D eigenvalue weighted by Crippen LogP contribution is 2.44. The quantitative estimate of drug-likeness (QED) is 0.123. The van der Waals surface area contributed by atoms with Crippen LogP contribution >= 0.6 is 0 Å². The summed E-state index contributed by atoms with van der Waals surface area (Å²) in [5, 5.41) is 38.6. The fourth-order valence-electron chi connectivity index (χ4n) is 6.49. The van der Waals surface area contributed by atoms with Crippen molar-refractivity contribution >= 4 is 23.9 Å². The number of carboxylic acids is 4. The lowest BCUT2D eigenvalue weighted by Gasteiger charge is -2.39. The molecule has 8 heteroatoms. The van der Waals surface area contributed by atoms with E-state index in [4.69, 9.17) is 0 Å². The van der Waals surface area contributed by atoms with E-state index in [0.29, 0.717) is 38.5 Å². The van der Waals surface area contributed by atoms with Crippen LogP contribution in [0, 0.1) is 47.3 Å². The van der Waals surface area contributed by atoms with Crippen LogP contribution in [0.2, 0.25) is 0 Å². The minimum atomic E-state index is -0.867. The molecular weight excluding hydrogens is 488 g/mol. The maximum Gasteiger partial charge on any atom is 0.306 e. The first-order valence-corrected chi connectivity index (χ1v) is 14.8. The molecule has 0 aliphatic heterocycles. The number of aliphatic carboxylic acids is 4. The summed E-state index contributed by atoms with van der Waals surface area (Å²) in [6.07, 6.45) is 10.4. The van der Waals surface area contributed by atoms with E-state index in [2.05, 4.69) is 6.92 Å². The Kier molecular flexibility index (Phi) is 15.6. The zero-order valence-electron chi connectivity index (χ0n) is 23.9. The van der Waals surface area contributed by atoms with Crippen LogP contribution in [-0.2, 0) is 19.2 Å². The highest BCUT2D eigenvalue weighted by atomic mass is 16.4. The third-order valence-electron chi connectivity index (χ3n) is 9.08. The second kappa shape index (κ2) is 17.5. The topological polar surface area (TPSA) is 149 Å². The van der Waals surface area contributed by atoms with E-state index in [1.54, 1.807) is 13.8 Å². The second-order valence-corrected chi connectivity index (χ2v) is 11.9. The Bertz CT molecular complexity index is 743. The molecule has 1 saturated carbocycles. The number of carboxylic acid groups (broad SMARTS) is 4. The van der Waals surface area contributed by atoms with E-state index in [1.165, 1.54) is 0 Å². The molecular formula is C30H52O8. The number of hydrogen-bond acceptors (Lipinski definition) is 4. The fraction of sp³-hybridized carbons (Fsp3) is 0.867. The van der Waals surface area contributed by atoms with Crippen molar-refractivity contribution < 1.29 is 39.6 Å². The van der Waals surface area contributed by atoms with Crippen molar-refractivity contribution in [3.05, 3.63) is 0 Å². The van der Waals surface area contributed by atoms with E-state index >= 15 is 0 Å². The Morgan fingerprint density at radius 1 is 0.605 bits per heavy atom. The summed E-state index contributed by atoms with van der Waals surface area (Å²) >= 11 is 0. The van der Waals surface area contributed by atoms with Gasteiger partial charge >= 0.3 is 23.9 Å². The van der Waals surface area contributed by atoms with Gasteiger partial charge in [0.05, 0.1) is 23.7 Å². The molecule has 0 radical (unpaired) electrons. The largest absolute Gasteiger partial charge is 0.481 e. The molecule has 0 amide bonds. The van der Waals surface area contributed by atoms with Gasteiger partial charge in [0.25, 0.3) is 0 Å². The lowest BCUT2D eigenvalue weighted by atomic mass is 9.66. The molecule has 0 aromatic rings. The Morgan fingerprint density at radius 3 is 1.37 bits per heavy atom. The molecule has 38 heavy (non-hydrogen) atoms. The molecule has 0 aromatic carbocycles. The monoisotopic (exact) mass is 540 g/mol. The van der Waals surface area contributed by atoms with Crippen molar-refractivity contribution in [2.24, 2.45) is 47.3 Å². The molecule has 0 saturated heterocycles.